The van der Waals surface area contributed by atoms with E-state index in [2.05, 4.69) is 16.0 Å². The summed E-state index contributed by atoms with van der Waals surface area (Å²) in [7, 11) is 0. The number of benzene rings is 1. The molecule has 0 saturated carbocycles. The highest BCUT2D eigenvalue weighted by Crippen LogP contribution is 2.03. The highest BCUT2D eigenvalue weighted by atomic mass is 16.4. The fraction of sp³-hybridized carbons (Fsp3) is 0.400. The van der Waals surface area contributed by atoms with Crippen LogP contribution in [0.2, 0.25) is 0 Å². The molecule has 0 bridgehead atoms. The maximum atomic E-state index is 11.5. The lowest BCUT2D eigenvalue weighted by atomic mass is 10.1. The fourth-order valence-electron chi connectivity index (χ4n) is 1.58. The number of rotatable bonds is 7. The molecule has 1 rings (SSSR count). The van der Waals surface area contributed by atoms with Gasteiger partial charge in [-0.3, -0.25) is 4.79 Å². The van der Waals surface area contributed by atoms with Crippen molar-refractivity contribution in [1.29, 1.82) is 0 Å². The molecule has 3 amide bonds. The molecule has 0 aliphatic heterocycles. The van der Waals surface area contributed by atoms with E-state index >= 15 is 0 Å². The van der Waals surface area contributed by atoms with Gasteiger partial charge in [0.2, 0.25) is 5.91 Å². The molecule has 0 spiro atoms. The van der Waals surface area contributed by atoms with E-state index in [9.17, 15) is 14.4 Å². The predicted octanol–water partition coefficient (Wildman–Crippen LogP) is 0.956. The summed E-state index contributed by atoms with van der Waals surface area (Å²) >= 11 is 0. The molecule has 4 N–H and O–H groups in total. The Morgan fingerprint density at radius 3 is 2.14 bits per heavy atom. The van der Waals surface area contributed by atoms with Gasteiger partial charge in [0, 0.05) is 25.6 Å². The zero-order valence-electron chi connectivity index (χ0n) is 12.7. The standard InChI is InChI=1S/C15H21N3O4/c1-10(2)13(19)16-7-8-17-15(22)18-9-11-3-5-12(6-4-11)14(20)21/h3-6,10H,7-9H2,1-2H3,(H,16,19)(H,20,21)(H2,17,18,22). The average molecular weight is 307 g/mol. The summed E-state index contributed by atoms with van der Waals surface area (Å²) in [6, 6.07) is 5.91. The number of amides is 3. The summed E-state index contributed by atoms with van der Waals surface area (Å²) in [5, 5.41) is 16.7. The number of carboxylic acids is 1. The summed E-state index contributed by atoms with van der Waals surface area (Å²) in [4.78, 5) is 33.5. The Morgan fingerprint density at radius 1 is 1.00 bits per heavy atom. The lowest BCUT2D eigenvalue weighted by Gasteiger charge is -2.10. The molecule has 0 aromatic heterocycles. The van der Waals surface area contributed by atoms with Gasteiger partial charge in [-0.25, -0.2) is 9.59 Å². The predicted molar refractivity (Wildman–Crippen MR) is 81.5 cm³/mol. The van der Waals surface area contributed by atoms with Crippen LogP contribution < -0.4 is 16.0 Å². The monoisotopic (exact) mass is 307 g/mol. The maximum Gasteiger partial charge on any atom is 0.335 e. The maximum absolute atomic E-state index is 11.5. The van der Waals surface area contributed by atoms with Gasteiger partial charge in [-0.1, -0.05) is 26.0 Å². The smallest absolute Gasteiger partial charge is 0.335 e. The molecule has 0 radical (unpaired) electrons. The SMILES string of the molecule is CC(C)C(=O)NCCNC(=O)NCc1ccc(C(=O)O)cc1. The molecule has 1 aromatic carbocycles. The minimum Gasteiger partial charge on any atom is -0.478 e. The second-order valence-electron chi connectivity index (χ2n) is 5.06. The summed E-state index contributed by atoms with van der Waals surface area (Å²) in [5.74, 6) is -1.12. The molecular weight excluding hydrogens is 286 g/mol. The van der Waals surface area contributed by atoms with Crippen molar-refractivity contribution in [2.24, 2.45) is 5.92 Å². The number of hydrogen-bond acceptors (Lipinski definition) is 3. The van der Waals surface area contributed by atoms with Gasteiger partial charge in [0.25, 0.3) is 0 Å². The van der Waals surface area contributed by atoms with Crippen LogP contribution in [0.1, 0.15) is 29.8 Å². The summed E-state index contributed by atoms with van der Waals surface area (Å²) in [6.45, 7) is 4.60. The molecule has 0 atom stereocenters. The Morgan fingerprint density at radius 2 is 1.59 bits per heavy atom. The van der Waals surface area contributed by atoms with Crippen LogP contribution in [0.25, 0.3) is 0 Å². The Hall–Kier alpha value is -2.57. The minimum atomic E-state index is -0.985. The quantitative estimate of drug-likeness (QED) is 0.563. The van der Waals surface area contributed by atoms with Crippen LogP contribution in [-0.4, -0.2) is 36.1 Å². The number of carboxylic acid groups (broad SMARTS) is 1. The van der Waals surface area contributed by atoms with Gasteiger partial charge in [0.1, 0.15) is 0 Å². The molecule has 120 valence electrons. The normalized spacial score (nSPS) is 10.1. The molecule has 0 saturated heterocycles. The highest BCUT2D eigenvalue weighted by Gasteiger charge is 2.06. The van der Waals surface area contributed by atoms with Crippen LogP contribution in [0.15, 0.2) is 24.3 Å². The summed E-state index contributed by atoms with van der Waals surface area (Å²) in [6.07, 6.45) is 0. The van der Waals surface area contributed by atoms with Gasteiger partial charge in [-0.05, 0) is 17.7 Å². The Balaban J connectivity index is 2.23. The van der Waals surface area contributed by atoms with Crippen molar-refractivity contribution < 1.29 is 19.5 Å². The zero-order valence-corrected chi connectivity index (χ0v) is 12.7. The Kier molecular flexibility index (Phi) is 6.88. The Bertz CT molecular complexity index is 526. The van der Waals surface area contributed by atoms with Crippen molar-refractivity contribution >= 4 is 17.9 Å². The third-order valence-electron chi connectivity index (χ3n) is 2.89. The van der Waals surface area contributed by atoms with E-state index in [0.29, 0.717) is 19.6 Å². The van der Waals surface area contributed by atoms with Crippen molar-refractivity contribution in [3.63, 3.8) is 0 Å². The third kappa shape index (κ3) is 6.25. The van der Waals surface area contributed by atoms with Gasteiger partial charge < -0.3 is 21.1 Å². The van der Waals surface area contributed by atoms with Crippen molar-refractivity contribution in [2.45, 2.75) is 20.4 Å². The number of urea groups is 1. The number of hydrogen-bond donors (Lipinski definition) is 4. The van der Waals surface area contributed by atoms with Crippen molar-refractivity contribution in [1.82, 2.24) is 16.0 Å². The van der Waals surface area contributed by atoms with E-state index in [-0.39, 0.29) is 23.4 Å². The van der Waals surface area contributed by atoms with Gasteiger partial charge in [0.15, 0.2) is 0 Å². The van der Waals surface area contributed by atoms with E-state index < -0.39 is 5.97 Å². The number of aromatic carboxylic acids is 1. The first-order chi connectivity index (χ1) is 10.4. The summed E-state index contributed by atoms with van der Waals surface area (Å²) < 4.78 is 0. The van der Waals surface area contributed by atoms with Crippen LogP contribution in [0.4, 0.5) is 4.79 Å². The number of carbonyl (C=O) groups excluding carboxylic acids is 2. The zero-order chi connectivity index (χ0) is 16.5. The Labute approximate surface area is 129 Å². The number of carbonyl (C=O) groups is 3. The lowest BCUT2D eigenvalue weighted by Crippen LogP contribution is -2.40. The summed E-state index contributed by atoms with van der Waals surface area (Å²) in [5.41, 5.74) is 1.00. The topological polar surface area (TPSA) is 108 Å². The molecular formula is C15H21N3O4. The van der Waals surface area contributed by atoms with Crippen LogP contribution >= 0.6 is 0 Å². The van der Waals surface area contributed by atoms with E-state index in [0.717, 1.165) is 5.56 Å². The first-order valence-corrected chi connectivity index (χ1v) is 7.01. The minimum absolute atomic E-state index is 0.0549. The molecule has 0 aliphatic carbocycles. The van der Waals surface area contributed by atoms with Crippen molar-refractivity contribution in [3.8, 4) is 0 Å². The van der Waals surface area contributed by atoms with Crippen LogP contribution in [-0.2, 0) is 11.3 Å². The highest BCUT2D eigenvalue weighted by molar-refractivity contribution is 5.87. The van der Waals surface area contributed by atoms with Crippen LogP contribution in [0, 0.1) is 5.92 Å². The van der Waals surface area contributed by atoms with Crippen molar-refractivity contribution in [3.05, 3.63) is 35.4 Å². The largest absolute Gasteiger partial charge is 0.478 e. The molecule has 7 nitrogen and oxygen atoms in total. The van der Waals surface area contributed by atoms with E-state index in [1.807, 2.05) is 0 Å². The van der Waals surface area contributed by atoms with Gasteiger partial charge in [-0.2, -0.15) is 0 Å². The van der Waals surface area contributed by atoms with E-state index in [1.54, 1.807) is 26.0 Å². The first kappa shape index (κ1) is 17.5. The lowest BCUT2D eigenvalue weighted by molar-refractivity contribution is -0.123. The first-order valence-electron chi connectivity index (χ1n) is 7.01. The second kappa shape index (κ2) is 8.66. The molecule has 0 unspecified atom stereocenters. The van der Waals surface area contributed by atoms with E-state index in [1.165, 1.54) is 12.1 Å². The number of nitrogens with one attached hydrogen (secondary N) is 3. The van der Waals surface area contributed by atoms with Crippen LogP contribution in [0.3, 0.4) is 0 Å². The average Bonchev–Trinajstić information content (AvgIpc) is 2.49. The molecule has 7 heteroatoms. The van der Waals surface area contributed by atoms with Gasteiger partial charge in [0.05, 0.1) is 5.56 Å². The van der Waals surface area contributed by atoms with Crippen molar-refractivity contribution in [2.75, 3.05) is 13.1 Å². The van der Waals surface area contributed by atoms with E-state index in [4.69, 9.17) is 5.11 Å². The molecule has 22 heavy (non-hydrogen) atoms. The molecule has 0 aliphatic rings. The van der Waals surface area contributed by atoms with Crippen LogP contribution in [0.5, 0.6) is 0 Å². The molecule has 1 aromatic rings. The fourth-order valence-corrected chi connectivity index (χ4v) is 1.58. The molecule has 0 fully saturated rings. The third-order valence-corrected chi connectivity index (χ3v) is 2.89. The second-order valence-corrected chi connectivity index (χ2v) is 5.06. The van der Waals surface area contributed by atoms with Gasteiger partial charge >= 0.3 is 12.0 Å². The van der Waals surface area contributed by atoms with Gasteiger partial charge in [-0.15, -0.1) is 0 Å². The molecule has 0 heterocycles.